The zero-order valence-corrected chi connectivity index (χ0v) is 10.5. The van der Waals surface area contributed by atoms with Crippen LogP contribution >= 0.6 is 0 Å². The molecule has 3 N–H and O–H groups in total. The van der Waals surface area contributed by atoms with E-state index in [1.54, 1.807) is 0 Å². The van der Waals surface area contributed by atoms with Gasteiger partial charge >= 0.3 is 0 Å². The van der Waals surface area contributed by atoms with Gasteiger partial charge in [-0.2, -0.15) is 0 Å². The van der Waals surface area contributed by atoms with Crippen molar-refractivity contribution in [1.29, 1.82) is 0 Å². The molecule has 0 spiro atoms. The molecule has 5 heteroatoms. The fourth-order valence-corrected chi connectivity index (χ4v) is 5.01. The minimum Gasteiger partial charge on any atom is -0.291 e. The summed E-state index contributed by atoms with van der Waals surface area (Å²) in [6, 6.07) is 0. The summed E-state index contributed by atoms with van der Waals surface area (Å²) in [6.45, 7) is 0. The molecule has 0 unspecified atom stereocenters. The first-order valence-electron chi connectivity index (χ1n) is 6.94. The number of rotatable bonds is 2. The summed E-state index contributed by atoms with van der Waals surface area (Å²) in [5, 5.41) is 8.44. The molecule has 1 aromatic rings. The average molecular weight is 245 g/mol. The van der Waals surface area contributed by atoms with E-state index in [1.165, 1.54) is 38.5 Å². The van der Waals surface area contributed by atoms with Crippen molar-refractivity contribution < 1.29 is 0 Å². The number of anilines is 1. The molecule has 4 aliphatic carbocycles. The number of hydrogen-bond acceptors (Lipinski definition) is 5. The number of hydrazine groups is 1. The molecule has 4 saturated carbocycles. The van der Waals surface area contributed by atoms with Crippen molar-refractivity contribution in [3.05, 3.63) is 11.9 Å². The third-order valence-electron chi connectivity index (χ3n) is 5.27. The van der Waals surface area contributed by atoms with Gasteiger partial charge in [0, 0.05) is 5.41 Å². The van der Waals surface area contributed by atoms with Crippen LogP contribution in [0.3, 0.4) is 0 Å². The van der Waals surface area contributed by atoms with Crippen molar-refractivity contribution >= 4 is 5.95 Å². The van der Waals surface area contributed by atoms with Gasteiger partial charge in [0.2, 0.25) is 0 Å². The molecule has 4 aliphatic rings. The minimum atomic E-state index is 0.280. The van der Waals surface area contributed by atoms with Gasteiger partial charge < -0.3 is 0 Å². The van der Waals surface area contributed by atoms with E-state index in [4.69, 9.17) is 5.84 Å². The SMILES string of the molecule is NNc1ncc(C23CC4CC(CC(C4)C2)C3)nn1. The van der Waals surface area contributed by atoms with Gasteiger partial charge in [0.05, 0.1) is 11.9 Å². The lowest BCUT2D eigenvalue weighted by molar-refractivity contribution is -0.00777. The average Bonchev–Trinajstić information content (AvgIpc) is 2.37. The topological polar surface area (TPSA) is 76.7 Å². The predicted octanol–water partition coefficient (Wildman–Crippen LogP) is 1.62. The number of nitrogen functional groups attached to an aromatic ring is 1. The van der Waals surface area contributed by atoms with E-state index in [0.29, 0.717) is 5.95 Å². The van der Waals surface area contributed by atoms with Gasteiger partial charge in [-0.05, 0) is 56.3 Å². The van der Waals surface area contributed by atoms with Crippen LogP contribution in [0, 0.1) is 17.8 Å². The second-order valence-electron chi connectivity index (χ2n) is 6.51. The van der Waals surface area contributed by atoms with Crippen molar-refractivity contribution in [1.82, 2.24) is 15.2 Å². The molecule has 5 rings (SSSR count). The van der Waals surface area contributed by atoms with E-state index >= 15 is 0 Å². The monoisotopic (exact) mass is 245 g/mol. The molecule has 1 aromatic heterocycles. The number of aromatic nitrogens is 3. The molecular formula is C13H19N5. The zero-order chi connectivity index (χ0) is 12.2. The second kappa shape index (κ2) is 3.63. The van der Waals surface area contributed by atoms with Gasteiger partial charge in [0.1, 0.15) is 0 Å². The Morgan fingerprint density at radius 2 is 1.67 bits per heavy atom. The van der Waals surface area contributed by atoms with Crippen LogP contribution in [-0.4, -0.2) is 15.2 Å². The first-order valence-corrected chi connectivity index (χ1v) is 6.94. The van der Waals surface area contributed by atoms with Crippen molar-refractivity contribution in [2.75, 3.05) is 5.43 Å². The largest absolute Gasteiger partial charge is 0.291 e. The number of nitrogens with zero attached hydrogens (tertiary/aromatic N) is 3. The molecule has 0 aromatic carbocycles. The fourth-order valence-electron chi connectivity index (χ4n) is 5.01. The van der Waals surface area contributed by atoms with E-state index in [0.717, 1.165) is 23.4 Å². The van der Waals surface area contributed by atoms with E-state index in [2.05, 4.69) is 20.6 Å². The van der Waals surface area contributed by atoms with Gasteiger partial charge in [0.15, 0.2) is 0 Å². The Kier molecular flexibility index (Phi) is 2.15. The highest BCUT2D eigenvalue weighted by molar-refractivity contribution is 5.24. The Balaban J connectivity index is 1.70. The highest BCUT2D eigenvalue weighted by Gasteiger charge is 2.52. The van der Waals surface area contributed by atoms with Gasteiger partial charge in [-0.3, -0.25) is 5.43 Å². The maximum Gasteiger partial charge on any atom is 0.256 e. The van der Waals surface area contributed by atoms with Gasteiger partial charge in [0.25, 0.3) is 5.95 Å². The van der Waals surface area contributed by atoms with Crippen LogP contribution in [0.1, 0.15) is 44.2 Å². The molecule has 4 bridgehead atoms. The fraction of sp³-hybridized carbons (Fsp3) is 0.769. The van der Waals surface area contributed by atoms with Crippen molar-refractivity contribution in [2.24, 2.45) is 23.6 Å². The molecule has 4 fully saturated rings. The smallest absolute Gasteiger partial charge is 0.256 e. The van der Waals surface area contributed by atoms with Crippen LogP contribution in [0.25, 0.3) is 0 Å². The summed E-state index contributed by atoms with van der Waals surface area (Å²) in [6.07, 6.45) is 10.1. The van der Waals surface area contributed by atoms with Gasteiger partial charge in [-0.15, -0.1) is 10.2 Å². The van der Waals surface area contributed by atoms with Crippen molar-refractivity contribution in [2.45, 2.75) is 43.9 Å². The van der Waals surface area contributed by atoms with Crippen LogP contribution in [0.15, 0.2) is 6.20 Å². The number of nitrogens with one attached hydrogen (secondary N) is 1. The van der Waals surface area contributed by atoms with E-state index in [9.17, 15) is 0 Å². The third kappa shape index (κ3) is 1.46. The molecule has 96 valence electrons. The van der Waals surface area contributed by atoms with E-state index < -0.39 is 0 Å². The summed E-state index contributed by atoms with van der Waals surface area (Å²) in [5.74, 6) is 8.46. The Labute approximate surface area is 107 Å². The molecule has 18 heavy (non-hydrogen) atoms. The standard InChI is InChI=1S/C13H19N5/c14-16-12-15-7-11(17-18-12)13-4-8-1-9(5-13)3-10(2-8)6-13/h7-10H,1-6,14H2,(H,15,16,18). The van der Waals surface area contributed by atoms with Crippen molar-refractivity contribution in [3.63, 3.8) is 0 Å². The highest BCUT2D eigenvalue weighted by Crippen LogP contribution is 2.60. The quantitative estimate of drug-likeness (QED) is 0.611. The molecule has 0 aliphatic heterocycles. The molecule has 0 atom stereocenters. The summed E-state index contributed by atoms with van der Waals surface area (Å²) >= 11 is 0. The van der Waals surface area contributed by atoms with Crippen molar-refractivity contribution in [3.8, 4) is 0 Å². The Morgan fingerprint density at radius 1 is 1.06 bits per heavy atom. The minimum absolute atomic E-state index is 0.280. The first-order chi connectivity index (χ1) is 8.77. The van der Waals surface area contributed by atoms with E-state index in [1.807, 2.05) is 6.20 Å². The maximum absolute atomic E-state index is 5.29. The molecule has 0 saturated heterocycles. The lowest BCUT2D eigenvalue weighted by Gasteiger charge is -2.56. The summed E-state index contributed by atoms with van der Waals surface area (Å²) < 4.78 is 0. The molecular weight excluding hydrogens is 226 g/mol. The number of nitrogens with two attached hydrogens (primary N) is 1. The highest BCUT2D eigenvalue weighted by atomic mass is 15.3. The van der Waals surface area contributed by atoms with Crippen LogP contribution < -0.4 is 11.3 Å². The van der Waals surface area contributed by atoms with Crippen LogP contribution in [0.4, 0.5) is 5.95 Å². The second-order valence-corrected chi connectivity index (χ2v) is 6.51. The predicted molar refractivity (Wildman–Crippen MR) is 67.5 cm³/mol. The van der Waals surface area contributed by atoms with Gasteiger partial charge in [-0.1, -0.05) is 0 Å². The Morgan fingerprint density at radius 3 is 2.11 bits per heavy atom. The molecule has 0 amide bonds. The Bertz CT molecular complexity index is 420. The normalized spacial score (nSPS) is 41.1. The molecule has 5 nitrogen and oxygen atoms in total. The molecule has 1 heterocycles. The maximum atomic E-state index is 5.29. The molecule has 0 radical (unpaired) electrons. The number of hydrogen-bond donors (Lipinski definition) is 2. The third-order valence-corrected chi connectivity index (χ3v) is 5.27. The first kappa shape index (κ1) is 10.7. The lowest BCUT2D eigenvalue weighted by atomic mass is 9.49. The van der Waals surface area contributed by atoms with Crippen LogP contribution in [0.5, 0.6) is 0 Å². The zero-order valence-electron chi connectivity index (χ0n) is 10.5. The summed E-state index contributed by atoms with van der Waals surface area (Å²) in [7, 11) is 0. The van der Waals surface area contributed by atoms with E-state index in [-0.39, 0.29) is 5.41 Å². The Hall–Kier alpha value is -1.23. The summed E-state index contributed by atoms with van der Waals surface area (Å²) in [5.41, 5.74) is 3.82. The lowest BCUT2D eigenvalue weighted by Crippen LogP contribution is -2.49. The van der Waals surface area contributed by atoms with Crippen LogP contribution in [-0.2, 0) is 5.41 Å². The summed E-state index contributed by atoms with van der Waals surface area (Å²) in [4.78, 5) is 4.24. The van der Waals surface area contributed by atoms with Crippen LogP contribution in [0.2, 0.25) is 0 Å². The van der Waals surface area contributed by atoms with Gasteiger partial charge in [-0.25, -0.2) is 10.8 Å².